The smallest absolute Gasteiger partial charge is 0.213 e. The Labute approximate surface area is 269 Å². The summed E-state index contributed by atoms with van der Waals surface area (Å²) in [6, 6.07) is 39.3. The van der Waals surface area contributed by atoms with Crippen LogP contribution in [0.25, 0.3) is 22.0 Å². The number of anilines is 3. The van der Waals surface area contributed by atoms with Crippen LogP contribution in [0.3, 0.4) is 0 Å². The van der Waals surface area contributed by atoms with Crippen LogP contribution < -0.4 is 40.8 Å². The second kappa shape index (κ2) is 12.8. The highest BCUT2D eigenvalue weighted by Crippen LogP contribution is 2.42. The van der Waals surface area contributed by atoms with E-state index in [4.69, 9.17) is 18.9 Å². The topological polar surface area (TPSA) is 44.0 Å². The lowest BCUT2D eigenvalue weighted by Crippen LogP contribution is -3.00. The lowest BCUT2D eigenvalue weighted by molar-refractivity contribution is -0.686. The Morgan fingerprint density at radius 3 is 1.89 bits per heavy atom. The summed E-state index contributed by atoms with van der Waals surface area (Å²) >= 11 is 0. The number of aromatic nitrogens is 1. The van der Waals surface area contributed by atoms with E-state index in [2.05, 4.69) is 101 Å². The Bertz CT molecular complexity index is 1910. The van der Waals surface area contributed by atoms with E-state index in [9.17, 15) is 0 Å². The van der Waals surface area contributed by atoms with E-state index in [0.717, 1.165) is 69.3 Å². The van der Waals surface area contributed by atoms with Gasteiger partial charge in [-0.25, -0.2) is 0 Å². The van der Waals surface area contributed by atoms with E-state index < -0.39 is 0 Å². The summed E-state index contributed by atoms with van der Waals surface area (Å²) in [6.45, 7) is 0.841. The predicted octanol–water partition coefficient (Wildman–Crippen LogP) is 5.64. The summed E-state index contributed by atoms with van der Waals surface area (Å²) in [6.07, 6.45) is 3.02. The molecule has 2 heterocycles. The van der Waals surface area contributed by atoms with Gasteiger partial charge in [0.25, 0.3) is 0 Å². The van der Waals surface area contributed by atoms with Gasteiger partial charge in [0.05, 0.1) is 32.3 Å². The van der Waals surface area contributed by atoms with Gasteiger partial charge in [-0.3, -0.25) is 0 Å². The molecule has 0 atom stereocenters. The SMILES string of the molecule is COc1cc2c(cc1Oc1ccc(N(c3ccccc3)c3ccccc3)cc1)CC[n+]1cc3c(OC)c(OC)ccc3cc1-2.[Cl-]. The van der Waals surface area contributed by atoms with Crippen molar-refractivity contribution in [3.05, 3.63) is 127 Å². The van der Waals surface area contributed by atoms with Crippen LogP contribution >= 0.6 is 0 Å². The molecule has 0 fully saturated rings. The minimum absolute atomic E-state index is 0. The highest BCUT2D eigenvalue weighted by atomic mass is 35.5. The molecule has 226 valence electrons. The zero-order chi connectivity index (χ0) is 30.0. The molecule has 0 radical (unpaired) electrons. The molecule has 0 unspecified atom stereocenters. The van der Waals surface area contributed by atoms with Crippen LogP contribution in [0.2, 0.25) is 0 Å². The molecule has 0 bridgehead atoms. The molecule has 1 aromatic heterocycles. The van der Waals surface area contributed by atoms with Gasteiger partial charge in [-0.2, -0.15) is 4.57 Å². The van der Waals surface area contributed by atoms with Gasteiger partial charge in [-0.1, -0.05) is 36.4 Å². The summed E-state index contributed by atoms with van der Waals surface area (Å²) in [7, 11) is 5.03. The maximum Gasteiger partial charge on any atom is 0.213 e. The molecule has 0 saturated heterocycles. The molecular formula is C38H33ClN2O4. The van der Waals surface area contributed by atoms with Crippen molar-refractivity contribution < 1.29 is 35.9 Å². The average Bonchev–Trinajstić information content (AvgIpc) is 3.08. The van der Waals surface area contributed by atoms with Crippen molar-refractivity contribution in [3.63, 3.8) is 0 Å². The van der Waals surface area contributed by atoms with Gasteiger partial charge in [0.15, 0.2) is 35.7 Å². The monoisotopic (exact) mass is 616 g/mol. The van der Waals surface area contributed by atoms with Gasteiger partial charge in [0.2, 0.25) is 5.69 Å². The molecule has 6 nitrogen and oxygen atoms in total. The van der Waals surface area contributed by atoms with Crippen molar-refractivity contribution in [1.82, 2.24) is 0 Å². The normalized spacial score (nSPS) is 11.5. The van der Waals surface area contributed by atoms with Crippen molar-refractivity contribution in [3.8, 4) is 40.0 Å². The fourth-order valence-corrected chi connectivity index (χ4v) is 6.02. The molecule has 6 aromatic rings. The number of benzene rings is 5. The van der Waals surface area contributed by atoms with Gasteiger partial charge >= 0.3 is 0 Å². The maximum atomic E-state index is 6.45. The molecule has 0 saturated carbocycles. The van der Waals surface area contributed by atoms with E-state index in [1.54, 1.807) is 21.3 Å². The van der Waals surface area contributed by atoms with Crippen LogP contribution in [0, 0.1) is 0 Å². The van der Waals surface area contributed by atoms with Crippen LogP contribution in [-0.2, 0) is 13.0 Å². The predicted molar refractivity (Wildman–Crippen MR) is 174 cm³/mol. The first-order chi connectivity index (χ1) is 21.7. The van der Waals surface area contributed by atoms with Crippen molar-refractivity contribution in [2.24, 2.45) is 0 Å². The van der Waals surface area contributed by atoms with Crippen molar-refractivity contribution in [2.45, 2.75) is 13.0 Å². The highest BCUT2D eigenvalue weighted by Gasteiger charge is 2.27. The number of aryl methyl sites for hydroxylation is 2. The first-order valence-corrected chi connectivity index (χ1v) is 14.6. The summed E-state index contributed by atoms with van der Waals surface area (Å²) in [5.74, 6) is 3.59. The number of fused-ring (bicyclic) bond motifs is 4. The van der Waals surface area contributed by atoms with Crippen LogP contribution in [0.1, 0.15) is 5.56 Å². The summed E-state index contributed by atoms with van der Waals surface area (Å²) in [4.78, 5) is 2.23. The molecule has 0 aliphatic carbocycles. The third kappa shape index (κ3) is 5.61. The Morgan fingerprint density at radius 2 is 1.27 bits per heavy atom. The van der Waals surface area contributed by atoms with Crippen LogP contribution in [0.15, 0.2) is 121 Å². The van der Waals surface area contributed by atoms with Crippen LogP contribution in [-0.4, -0.2) is 21.3 Å². The van der Waals surface area contributed by atoms with E-state index in [1.165, 1.54) is 5.56 Å². The summed E-state index contributed by atoms with van der Waals surface area (Å²) in [5.41, 5.74) is 6.70. The fraction of sp³-hybridized carbons (Fsp3) is 0.132. The molecule has 1 aliphatic rings. The van der Waals surface area contributed by atoms with Gasteiger partial charge in [-0.15, -0.1) is 0 Å². The van der Waals surface area contributed by atoms with E-state index in [1.807, 2.05) is 30.3 Å². The molecule has 7 rings (SSSR count). The Hall–Kier alpha value is -5.20. The quantitative estimate of drug-likeness (QED) is 0.207. The lowest BCUT2D eigenvalue weighted by Gasteiger charge is -2.25. The number of hydrogen-bond acceptors (Lipinski definition) is 5. The number of halogens is 1. The van der Waals surface area contributed by atoms with Crippen LogP contribution in [0.5, 0.6) is 28.7 Å². The number of ether oxygens (including phenoxy) is 4. The zero-order valence-corrected chi connectivity index (χ0v) is 26.1. The number of hydrogen-bond donors (Lipinski definition) is 0. The number of pyridine rings is 1. The van der Waals surface area contributed by atoms with Crippen LogP contribution in [0.4, 0.5) is 17.1 Å². The highest BCUT2D eigenvalue weighted by molar-refractivity contribution is 5.91. The molecular weight excluding hydrogens is 584 g/mol. The van der Waals surface area contributed by atoms with E-state index in [0.29, 0.717) is 11.5 Å². The maximum absolute atomic E-state index is 6.45. The first kappa shape index (κ1) is 29.9. The number of rotatable bonds is 8. The molecule has 0 amide bonds. The van der Waals surface area contributed by atoms with Crippen molar-refractivity contribution >= 4 is 27.8 Å². The van der Waals surface area contributed by atoms with Gasteiger partial charge < -0.3 is 36.3 Å². The molecule has 0 N–H and O–H groups in total. The molecule has 7 heteroatoms. The first-order valence-electron chi connectivity index (χ1n) is 14.6. The third-order valence-electron chi connectivity index (χ3n) is 8.14. The van der Waals surface area contributed by atoms with Crippen molar-refractivity contribution in [2.75, 3.05) is 26.2 Å². The molecule has 5 aromatic carbocycles. The Morgan fingerprint density at radius 1 is 0.622 bits per heavy atom. The molecule has 1 aliphatic heterocycles. The lowest BCUT2D eigenvalue weighted by atomic mass is 9.95. The third-order valence-corrected chi connectivity index (χ3v) is 8.14. The second-order valence-corrected chi connectivity index (χ2v) is 10.7. The number of nitrogens with zero attached hydrogens (tertiary/aromatic N) is 2. The van der Waals surface area contributed by atoms with E-state index >= 15 is 0 Å². The second-order valence-electron chi connectivity index (χ2n) is 10.7. The van der Waals surface area contributed by atoms with Gasteiger partial charge in [0, 0.05) is 29.5 Å². The largest absolute Gasteiger partial charge is 1.00 e. The average molecular weight is 617 g/mol. The standard InChI is InChI=1S/C38H33N2O4.ClH/c1-41-35-19-14-26-22-34-32-24-36(42-2)37(23-27(32)20-21-39(34)25-33(26)38(35)43-3)44-31-17-15-30(16-18-31)40(28-10-6-4-7-11-28)29-12-8-5-9-13-29;/h4-19,22-25H,20-21H2,1-3H3;1H/q+1;/p-1. The minimum Gasteiger partial charge on any atom is -1.00 e. The number of para-hydroxylation sites is 2. The van der Waals surface area contributed by atoms with Gasteiger partial charge in [-0.05, 0) is 83.7 Å². The zero-order valence-electron chi connectivity index (χ0n) is 25.4. The van der Waals surface area contributed by atoms with Gasteiger partial charge in [0.1, 0.15) is 5.75 Å². The summed E-state index contributed by atoms with van der Waals surface area (Å²) in [5, 5.41) is 2.11. The van der Waals surface area contributed by atoms with Crippen molar-refractivity contribution in [1.29, 1.82) is 0 Å². The molecule has 45 heavy (non-hydrogen) atoms. The minimum atomic E-state index is 0. The summed E-state index contributed by atoms with van der Waals surface area (Å²) < 4.78 is 25.8. The number of methoxy groups -OCH3 is 3. The Balaban J connectivity index is 0.00000357. The Kier molecular flexibility index (Phi) is 8.49. The molecule has 0 spiro atoms. The fourth-order valence-electron chi connectivity index (χ4n) is 6.02. The van der Waals surface area contributed by atoms with E-state index in [-0.39, 0.29) is 12.4 Å².